The van der Waals surface area contributed by atoms with Gasteiger partial charge < -0.3 is 14.2 Å². The summed E-state index contributed by atoms with van der Waals surface area (Å²) in [7, 11) is 1.46. The van der Waals surface area contributed by atoms with Crippen molar-refractivity contribution >= 4 is 23.6 Å². The molecular formula is C22H19N3O5. The molecular weight excluding hydrogens is 386 g/mol. The lowest BCUT2D eigenvalue weighted by Gasteiger charge is -2.19. The van der Waals surface area contributed by atoms with Gasteiger partial charge in [0.25, 0.3) is 5.91 Å². The summed E-state index contributed by atoms with van der Waals surface area (Å²) in [6.45, 7) is -0.766. The van der Waals surface area contributed by atoms with E-state index in [0.29, 0.717) is 22.7 Å². The Kier molecular flexibility index (Phi) is 8.45. The number of anilines is 1. The zero-order chi connectivity index (χ0) is 21.8. The third kappa shape index (κ3) is 6.39. The number of nitrogens with zero attached hydrogens (tertiary/aromatic N) is 3. The Bertz CT molecular complexity index is 990. The summed E-state index contributed by atoms with van der Waals surface area (Å²) in [5, 5.41) is 17.5. The SMILES string of the molecule is COc1cc(/C=C/C(=O)OCC(=O)N(CC#N)c2ccccc2)ccc1OCC#N. The molecule has 0 saturated carbocycles. The van der Waals surface area contributed by atoms with Crippen LogP contribution in [0.4, 0.5) is 5.69 Å². The van der Waals surface area contributed by atoms with Gasteiger partial charge in [0, 0.05) is 11.8 Å². The van der Waals surface area contributed by atoms with Gasteiger partial charge in [-0.2, -0.15) is 10.5 Å². The average molecular weight is 405 g/mol. The smallest absolute Gasteiger partial charge is 0.331 e. The highest BCUT2D eigenvalue weighted by molar-refractivity contribution is 5.96. The largest absolute Gasteiger partial charge is 0.493 e. The highest BCUT2D eigenvalue weighted by Gasteiger charge is 2.16. The summed E-state index contributed by atoms with van der Waals surface area (Å²) in [5.41, 5.74) is 1.18. The number of carbonyl (C=O) groups excluding carboxylic acids is 2. The second kappa shape index (κ2) is 11.5. The molecule has 0 aliphatic heterocycles. The lowest BCUT2D eigenvalue weighted by Crippen LogP contribution is -2.34. The van der Waals surface area contributed by atoms with Crippen LogP contribution in [0.2, 0.25) is 0 Å². The first-order chi connectivity index (χ1) is 14.6. The van der Waals surface area contributed by atoms with Gasteiger partial charge >= 0.3 is 5.97 Å². The van der Waals surface area contributed by atoms with Crippen molar-refractivity contribution in [1.82, 2.24) is 0 Å². The standard InChI is InChI=1S/C22H19N3O5/c1-28-20-15-17(7-9-19(20)29-14-12-24)8-10-22(27)30-16-21(26)25(13-11-23)18-5-3-2-4-6-18/h2-10,15H,13-14,16H2,1H3/b10-8+. The van der Waals surface area contributed by atoms with Crippen LogP contribution < -0.4 is 14.4 Å². The van der Waals surface area contributed by atoms with Crippen LogP contribution in [0, 0.1) is 22.7 Å². The zero-order valence-corrected chi connectivity index (χ0v) is 16.3. The number of esters is 1. The predicted molar refractivity (Wildman–Crippen MR) is 109 cm³/mol. The summed E-state index contributed by atoms with van der Waals surface area (Å²) in [6.07, 6.45) is 2.67. The van der Waals surface area contributed by atoms with E-state index in [4.69, 9.17) is 24.7 Å². The molecule has 0 bridgehead atoms. The van der Waals surface area contributed by atoms with Crippen LogP contribution in [0.5, 0.6) is 11.5 Å². The first-order valence-corrected chi connectivity index (χ1v) is 8.84. The van der Waals surface area contributed by atoms with E-state index < -0.39 is 18.5 Å². The number of ether oxygens (including phenoxy) is 3. The van der Waals surface area contributed by atoms with E-state index in [1.165, 1.54) is 24.2 Å². The lowest BCUT2D eigenvalue weighted by molar-refractivity contribution is -0.142. The minimum Gasteiger partial charge on any atom is -0.493 e. The number of methoxy groups -OCH3 is 1. The monoisotopic (exact) mass is 405 g/mol. The maximum atomic E-state index is 12.3. The molecule has 0 N–H and O–H groups in total. The quantitative estimate of drug-likeness (QED) is 0.358. The van der Waals surface area contributed by atoms with Gasteiger partial charge in [0.05, 0.1) is 13.2 Å². The maximum absolute atomic E-state index is 12.3. The van der Waals surface area contributed by atoms with Gasteiger partial charge in [0.15, 0.2) is 24.7 Å². The highest BCUT2D eigenvalue weighted by atomic mass is 16.5. The number of amides is 1. The molecule has 152 valence electrons. The van der Waals surface area contributed by atoms with Gasteiger partial charge in [0.1, 0.15) is 12.6 Å². The number of nitriles is 2. The molecule has 2 aromatic rings. The normalized spacial score (nSPS) is 9.97. The second-order valence-electron chi connectivity index (χ2n) is 5.77. The molecule has 8 heteroatoms. The van der Waals surface area contributed by atoms with Crippen LogP contribution in [0.25, 0.3) is 6.08 Å². The molecule has 0 aliphatic rings. The van der Waals surface area contributed by atoms with E-state index in [1.54, 1.807) is 48.5 Å². The number of benzene rings is 2. The molecule has 0 spiro atoms. The maximum Gasteiger partial charge on any atom is 0.331 e. The summed E-state index contributed by atoms with van der Waals surface area (Å²) in [6, 6.07) is 17.4. The molecule has 1 amide bonds. The Morgan fingerprint density at radius 1 is 1.07 bits per heavy atom. The fraction of sp³-hybridized carbons (Fsp3) is 0.182. The Balaban J connectivity index is 1.96. The number of hydrogen-bond donors (Lipinski definition) is 0. The Hall–Kier alpha value is -4.30. The Morgan fingerprint density at radius 3 is 2.50 bits per heavy atom. The summed E-state index contributed by atoms with van der Waals surface area (Å²) in [5.74, 6) is -0.406. The van der Waals surface area contributed by atoms with Crippen molar-refractivity contribution in [3.63, 3.8) is 0 Å². The number of rotatable bonds is 9. The van der Waals surface area contributed by atoms with Gasteiger partial charge in [-0.1, -0.05) is 24.3 Å². The summed E-state index contributed by atoms with van der Waals surface area (Å²) < 4.78 is 15.4. The molecule has 0 aliphatic carbocycles. The van der Waals surface area contributed by atoms with Crippen LogP contribution in [0.15, 0.2) is 54.6 Å². The third-order valence-electron chi connectivity index (χ3n) is 3.83. The molecule has 0 atom stereocenters. The van der Waals surface area contributed by atoms with Crippen LogP contribution in [0.3, 0.4) is 0 Å². The fourth-order valence-corrected chi connectivity index (χ4v) is 2.44. The number of para-hydroxylation sites is 1. The van der Waals surface area contributed by atoms with Crippen LogP contribution in [-0.4, -0.2) is 38.7 Å². The molecule has 0 radical (unpaired) electrons. The van der Waals surface area contributed by atoms with Crippen LogP contribution in [-0.2, 0) is 14.3 Å². The summed E-state index contributed by atoms with van der Waals surface area (Å²) >= 11 is 0. The molecule has 2 rings (SSSR count). The van der Waals surface area contributed by atoms with Gasteiger partial charge in [0.2, 0.25) is 0 Å². The molecule has 2 aromatic carbocycles. The molecule has 30 heavy (non-hydrogen) atoms. The molecule has 0 unspecified atom stereocenters. The predicted octanol–water partition coefficient (Wildman–Crippen LogP) is 2.71. The minimum absolute atomic E-state index is 0.113. The Labute approximate surface area is 174 Å². The van der Waals surface area contributed by atoms with Gasteiger partial charge in [-0.05, 0) is 35.9 Å². The van der Waals surface area contributed by atoms with Crippen molar-refractivity contribution in [2.24, 2.45) is 0 Å². The van der Waals surface area contributed by atoms with Gasteiger partial charge in [-0.3, -0.25) is 9.69 Å². The molecule has 0 saturated heterocycles. The first-order valence-electron chi connectivity index (χ1n) is 8.84. The third-order valence-corrected chi connectivity index (χ3v) is 3.83. The highest BCUT2D eigenvalue weighted by Crippen LogP contribution is 2.28. The van der Waals surface area contributed by atoms with Crippen molar-refractivity contribution in [3.05, 3.63) is 60.2 Å². The Morgan fingerprint density at radius 2 is 1.83 bits per heavy atom. The number of carbonyl (C=O) groups is 2. The van der Waals surface area contributed by atoms with Crippen molar-refractivity contribution in [2.75, 3.05) is 31.8 Å². The van der Waals surface area contributed by atoms with E-state index in [9.17, 15) is 9.59 Å². The molecule has 0 aromatic heterocycles. The van der Waals surface area contributed by atoms with Gasteiger partial charge in [-0.25, -0.2) is 4.79 Å². The van der Waals surface area contributed by atoms with E-state index in [0.717, 1.165) is 0 Å². The van der Waals surface area contributed by atoms with Crippen LogP contribution >= 0.6 is 0 Å². The van der Waals surface area contributed by atoms with E-state index in [1.807, 2.05) is 12.1 Å². The zero-order valence-electron chi connectivity index (χ0n) is 16.3. The van der Waals surface area contributed by atoms with Crippen molar-refractivity contribution in [2.45, 2.75) is 0 Å². The van der Waals surface area contributed by atoms with Crippen molar-refractivity contribution in [3.8, 4) is 23.6 Å². The van der Waals surface area contributed by atoms with Crippen LogP contribution in [0.1, 0.15) is 5.56 Å². The van der Waals surface area contributed by atoms with Crippen molar-refractivity contribution < 1.29 is 23.8 Å². The fourth-order valence-electron chi connectivity index (χ4n) is 2.44. The first kappa shape index (κ1) is 22.0. The summed E-state index contributed by atoms with van der Waals surface area (Å²) in [4.78, 5) is 25.5. The van der Waals surface area contributed by atoms with Crippen molar-refractivity contribution in [1.29, 1.82) is 10.5 Å². The molecule has 8 nitrogen and oxygen atoms in total. The minimum atomic E-state index is -0.711. The van der Waals surface area contributed by atoms with Gasteiger partial charge in [-0.15, -0.1) is 0 Å². The second-order valence-corrected chi connectivity index (χ2v) is 5.77. The van der Waals surface area contributed by atoms with E-state index in [2.05, 4.69) is 0 Å². The number of hydrogen-bond acceptors (Lipinski definition) is 7. The lowest BCUT2D eigenvalue weighted by atomic mass is 10.2. The molecule has 0 heterocycles. The topological polar surface area (TPSA) is 113 Å². The molecule has 0 fully saturated rings. The van der Waals surface area contributed by atoms with E-state index >= 15 is 0 Å². The average Bonchev–Trinajstić information content (AvgIpc) is 2.78. The van der Waals surface area contributed by atoms with E-state index in [-0.39, 0.29) is 13.2 Å².